The average molecular weight is 465 g/mol. The van der Waals surface area contributed by atoms with Crippen LogP contribution >= 0.6 is 0 Å². The smallest absolute Gasteiger partial charge is 0.243 e. The van der Waals surface area contributed by atoms with Gasteiger partial charge < -0.3 is 14.4 Å². The molecule has 2 aromatic carbocycles. The van der Waals surface area contributed by atoms with E-state index in [4.69, 9.17) is 9.47 Å². The topological polar surface area (TPSA) is 76.2 Å². The van der Waals surface area contributed by atoms with Gasteiger partial charge in [-0.25, -0.2) is 12.8 Å². The molecule has 0 unspecified atom stereocenters. The maximum Gasteiger partial charge on any atom is 0.243 e. The molecule has 0 aromatic heterocycles. The first-order chi connectivity index (χ1) is 15.3. The fraction of sp³-hybridized carbons (Fsp3) is 0.435. The van der Waals surface area contributed by atoms with Gasteiger partial charge in [0.15, 0.2) is 11.5 Å². The van der Waals surface area contributed by atoms with E-state index in [-0.39, 0.29) is 17.5 Å². The van der Waals surface area contributed by atoms with Gasteiger partial charge in [-0.05, 0) is 49.2 Å². The number of ether oxygens (including phenoxy) is 2. The van der Waals surface area contributed by atoms with Gasteiger partial charge in [-0.2, -0.15) is 4.31 Å². The van der Waals surface area contributed by atoms with Crippen molar-refractivity contribution in [3.8, 4) is 11.5 Å². The van der Waals surface area contributed by atoms with Gasteiger partial charge in [0, 0.05) is 24.8 Å². The lowest BCUT2D eigenvalue weighted by molar-refractivity contribution is -0.119. The molecule has 0 heterocycles. The first-order valence-electron chi connectivity index (χ1n) is 10.5. The van der Waals surface area contributed by atoms with Crippen LogP contribution in [0.15, 0.2) is 47.4 Å². The number of anilines is 1. The molecule has 0 bridgehead atoms. The molecule has 0 atom stereocenters. The standard InChI is InChI=1S/C23H29FN2O5S/c1-25(18-11-9-17(24)10-12-18)23(27)16-26(19-7-5-4-6-8-19)32(28,29)20-13-14-21(30-2)22(15-20)31-3/h9-15,19H,4-8,16H2,1-3H3. The van der Waals surface area contributed by atoms with Crippen molar-refractivity contribution in [2.45, 2.75) is 43.0 Å². The Hall–Kier alpha value is -2.65. The molecule has 0 radical (unpaired) electrons. The lowest BCUT2D eigenvalue weighted by Crippen LogP contribution is -2.47. The summed E-state index contributed by atoms with van der Waals surface area (Å²) in [5, 5.41) is 0. The highest BCUT2D eigenvalue weighted by atomic mass is 32.2. The number of likely N-dealkylation sites (N-methyl/N-ethyl adjacent to an activating group) is 1. The van der Waals surface area contributed by atoms with Crippen LogP contribution < -0.4 is 14.4 Å². The Balaban J connectivity index is 1.93. The van der Waals surface area contributed by atoms with E-state index in [1.54, 1.807) is 7.05 Å². The van der Waals surface area contributed by atoms with Crippen LogP contribution in [0.5, 0.6) is 11.5 Å². The summed E-state index contributed by atoms with van der Waals surface area (Å²) < 4.78 is 52.3. The van der Waals surface area contributed by atoms with Gasteiger partial charge in [0.1, 0.15) is 5.82 Å². The molecule has 0 aliphatic heterocycles. The molecular weight excluding hydrogens is 435 g/mol. The summed E-state index contributed by atoms with van der Waals surface area (Å²) in [6, 6.07) is 9.64. The summed E-state index contributed by atoms with van der Waals surface area (Å²) in [7, 11) is 0.483. The lowest BCUT2D eigenvalue weighted by Gasteiger charge is -2.34. The zero-order valence-electron chi connectivity index (χ0n) is 18.6. The number of carbonyl (C=O) groups excluding carboxylic acids is 1. The largest absolute Gasteiger partial charge is 0.493 e. The van der Waals surface area contributed by atoms with Crippen molar-refractivity contribution in [1.82, 2.24) is 4.31 Å². The predicted molar refractivity (Wildman–Crippen MR) is 120 cm³/mol. The number of nitrogens with zero attached hydrogens (tertiary/aromatic N) is 2. The van der Waals surface area contributed by atoms with Crippen LogP contribution in [0.25, 0.3) is 0 Å². The van der Waals surface area contributed by atoms with Gasteiger partial charge in [-0.15, -0.1) is 0 Å². The molecule has 3 rings (SSSR count). The molecule has 7 nitrogen and oxygen atoms in total. The molecule has 1 aliphatic rings. The first-order valence-corrected chi connectivity index (χ1v) is 12.0. The number of benzene rings is 2. The number of hydrogen-bond donors (Lipinski definition) is 0. The highest BCUT2D eigenvalue weighted by molar-refractivity contribution is 7.89. The second-order valence-electron chi connectivity index (χ2n) is 7.79. The number of sulfonamides is 1. The summed E-state index contributed by atoms with van der Waals surface area (Å²) in [6.45, 7) is -0.310. The highest BCUT2D eigenvalue weighted by Crippen LogP contribution is 2.33. The van der Waals surface area contributed by atoms with Crippen molar-refractivity contribution in [1.29, 1.82) is 0 Å². The Morgan fingerprint density at radius 2 is 1.62 bits per heavy atom. The Morgan fingerprint density at radius 1 is 1.00 bits per heavy atom. The second kappa shape index (κ2) is 10.3. The minimum atomic E-state index is -3.99. The predicted octanol–water partition coefficient (Wildman–Crippen LogP) is 3.83. The molecule has 1 aliphatic carbocycles. The van der Waals surface area contributed by atoms with Crippen LogP contribution in [-0.2, 0) is 14.8 Å². The van der Waals surface area contributed by atoms with E-state index >= 15 is 0 Å². The summed E-state index contributed by atoms with van der Waals surface area (Å²) in [6.07, 6.45) is 4.25. The molecule has 0 spiro atoms. The molecule has 9 heteroatoms. The zero-order valence-corrected chi connectivity index (χ0v) is 19.4. The summed E-state index contributed by atoms with van der Waals surface area (Å²) in [5.74, 6) is -0.0876. The van der Waals surface area contributed by atoms with Gasteiger partial charge in [-0.3, -0.25) is 4.79 Å². The van der Waals surface area contributed by atoms with Crippen LogP contribution in [0.3, 0.4) is 0 Å². The first kappa shape index (κ1) is 24.0. The third-order valence-corrected chi connectivity index (χ3v) is 7.72. The third kappa shape index (κ3) is 5.21. The monoisotopic (exact) mass is 464 g/mol. The van der Waals surface area contributed by atoms with E-state index in [1.807, 2.05) is 0 Å². The number of rotatable bonds is 8. The average Bonchev–Trinajstić information content (AvgIpc) is 2.82. The van der Waals surface area contributed by atoms with Crippen LogP contribution in [0.1, 0.15) is 32.1 Å². The number of methoxy groups -OCH3 is 2. The summed E-state index contributed by atoms with van der Waals surface area (Å²) >= 11 is 0. The number of carbonyl (C=O) groups is 1. The molecule has 2 aromatic rings. The number of amides is 1. The Bertz CT molecular complexity index is 1040. The van der Waals surface area contributed by atoms with Gasteiger partial charge in [-0.1, -0.05) is 19.3 Å². The van der Waals surface area contributed by atoms with E-state index in [1.165, 1.54) is 65.9 Å². The second-order valence-corrected chi connectivity index (χ2v) is 9.68. The molecule has 174 valence electrons. The quantitative estimate of drug-likeness (QED) is 0.594. The molecular formula is C23H29FN2O5S. The molecule has 1 amide bonds. The molecule has 1 saturated carbocycles. The minimum absolute atomic E-state index is 0.0398. The normalized spacial score (nSPS) is 14.9. The van der Waals surface area contributed by atoms with E-state index in [2.05, 4.69) is 0 Å². The van der Waals surface area contributed by atoms with Crippen LogP contribution in [-0.4, -0.2) is 52.5 Å². The Labute approximate surface area is 188 Å². The lowest BCUT2D eigenvalue weighted by atomic mass is 9.95. The van der Waals surface area contributed by atoms with Crippen molar-refractivity contribution in [3.63, 3.8) is 0 Å². The highest BCUT2D eigenvalue weighted by Gasteiger charge is 2.35. The van der Waals surface area contributed by atoms with Gasteiger partial charge in [0.2, 0.25) is 15.9 Å². The van der Waals surface area contributed by atoms with E-state index in [0.29, 0.717) is 30.0 Å². The summed E-state index contributed by atoms with van der Waals surface area (Å²) in [5.41, 5.74) is 0.489. The van der Waals surface area contributed by atoms with Gasteiger partial charge in [0.05, 0.1) is 25.7 Å². The van der Waals surface area contributed by atoms with Crippen molar-refractivity contribution < 1.29 is 27.1 Å². The fourth-order valence-electron chi connectivity index (χ4n) is 3.94. The van der Waals surface area contributed by atoms with Crippen molar-refractivity contribution in [2.24, 2.45) is 0 Å². The number of hydrogen-bond acceptors (Lipinski definition) is 5. The van der Waals surface area contributed by atoms with Crippen LogP contribution in [0.2, 0.25) is 0 Å². The summed E-state index contributed by atoms with van der Waals surface area (Å²) in [4.78, 5) is 14.5. The Kier molecular flexibility index (Phi) is 7.73. The molecule has 1 fully saturated rings. The van der Waals surface area contributed by atoms with Crippen molar-refractivity contribution in [2.75, 3.05) is 32.7 Å². The maximum absolute atomic E-state index is 13.6. The fourth-order valence-corrected chi connectivity index (χ4v) is 5.59. The maximum atomic E-state index is 13.6. The van der Waals surface area contributed by atoms with E-state index in [9.17, 15) is 17.6 Å². The van der Waals surface area contributed by atoms with Crippen LogP contribution in [0, 0.1) is 5.82 Å². The van der Waals surface area contributed by atoms with Gasteiger partial charge >= 0.3 is 0 Å². The third-order valence-electron chi connectivity index (χ3n) is 5.82. The van der Waals surface area contributed by atoms with Gasteiger partial charge in [0.25, 0.3) is 0 Å². The minimum Gasteiger partial charge on any atom is -0.493 e. The van der Waals surface area contributed by atoms with E-state index in [0.717, 1.165) is 19.3 Å². The molecule has 0 saturated heterocycles. The number of halogens is 1. The van der Waals surface area contributed by atoms with Crippen LogP contribution in [0.4, 0.5) is 10.1 Å². The van der Waals surface area contributed by atoms with Crippen molar-refractivity contribution >= 4 is 21.6 Å². The molecule has 0 N–H and O–H groups in total. The molecule has 32 heavy (non-hydrogen) atoms. The SMILES string of the molecule is COc1ccc(S(=O)(=O)N(CC(=O)N(C)c2ccc(F)cc2)C2CCCCC2)cc1OC. The zero-order chi connectivity index (χ0) is 23.3. The van der Waals surface area contributed by atoms with E-state index < -0.39 is 21.7 Å². The van der Waals surface area contributed by atoms with Crippen molar-refractivity contribution in [3.05, 3.63) is 48.3 Å². The Morgan fingerprint density at radius 3 is 2.22 bits per heavy atom.